The van der Waals surface area contributed by atoms with Crippen molar-refractivity contribution in [2.45, 2.75) is 12.3 Å². The lowest BCUT2D eigenvalue weighted by atomic mass is 10.1. The first-order chi connectivity index (χ1) is 9.32. The summed E-state index contributed by atoms with van der Waals surface area (Å²) >= 11 is 6.94. The zero-order valence-corrected chi connectivity index (χ0v) is 11.7. The summed E-state index contributed by atoms with van der Waals surface area (Å²) in [5.74, 6) is 0.556. The summed E-state index contributed by atoms with van der Waals surface area (Å²) in [5.41, 5.74) is -0.980. The van der Waals surface area contributed by atoms with E-state index in [0.717, 1.165) is 12.1 Å². The number of alkyl halides is 3. The van der Waals surface area contributed by atoms with Crippen molar-refractivity contribution < 1.29 is 23.0 Å². The molecule has 8 heteroatoms. The van der Waals surface area contributed by atoms with Crippen molar-refractivity contribution in [2.75, 3.05) is 7.11 Å². The Labute approximate surface area is 121 Å². The van der Waals surface area contributed by atoms with Crippen LogP contribution < -0.4 is 4.74 Å². The highest BCUT2D eigenvalue weighted by atomic mass is 35.5. The predicted octanol–water partition coefficient (Wildman–Crippen LogP) is 3.91. The van der Waals surface area contributed by atoms with E-state index in [4.69, 9.17) is 16.3 Å². The number of hydrogen-bond acceptors (Lipinski definition) is 4. The lowest BCUT2D eigenvalue weighted by Crippen LogP contribution is -2.09. The molecule has 2 aromatic rings. The van der Waals surface area contributed by atoms with Crippen molar-refractivity contribution in [1.29, 1.82) is 0 Å². The highest BCUT2D eigenvalue weighted by molar-refractivity contribution is 7.10. The maximum Gasteiger partial charge on any atom is 0.433 e. The molecule has 1 atom stereocenters. The zero-order chi connectivity index (χ0) is 14.9. The smallest absolute Gasteiger partial charge is 0.433 e. The summed E-state index contributed by atoms with van der Waals surface area (Å²) in [6.45, 7) is 0. The second kappa shape index (κ2) is 5.59. The van der Waals surface area contributed by atoms with Crippen LogP contribution in [0, 0.1) is 0 Å². The van der Waals surface area contributed by atoms with Crippen LogP contribution in [0.4, 0.5) is 13.2 Å². The van der Waals surface area contributed by atoms with Crippen LogP contribution >= 0.6 is 22.9 Å². The van der Waals surface area contributed by atoms with Gasteiger partial charge in [0.05, 0.1) is 7.11 Å². The number of aromatic nitrogens is 1. The van der Waals surface area contributed by atoms with Crippen LogP contribution in [0.5, 0.6) is 5.75 Å². The molecule has 0 aromatic carbocycles. The number of pyridine rings is 1. The molecule has 0 bridgehead atoms. The molecule has 0 fully saturated rings. The number of methoxy groups -OCH3 is 1. The monoisotopic (exact) mass is 323 g/mol. The number of aliphatic hydroxyl groups is 1. The Morgan fingerprint density at radius 3 is 2.60 bits per heavy atom. The minimum atomic E-state index is -4.57. The second-order valence-electron chi connectivity index (χ2n) is 3.87. The Balaban J connectivity index is 2.33. The molecule has 3 nitrogen and oxygen atoms in total. The van der Waals surface area contributed by atoms with Crippen molar-refractivity contribution in [3.63, 3.8) is 0 Å². The topological polar surface area (TPSA) is 42.4 Å². The summed E-state index contributed by atoms with van der Waals surface area (Å²) in [6, 6.07) is 3.49. The Bertz CT molecular complexity index is 615. The highest BCUT2D eigenvalue weighted by Gasteiger charge is 2.33. The van der Waals surface area contributed by atoms with E-state index in [1.54, 1.807) is 11.4 Å². The first-order valence-corrected chi connectivity index (χ1v) is 6.63. The normalized spacial score (nSPS) is 13.3. The standard InChI is InChI=1S/C12H9ClF3NO2S/c1-19-6-4-8(20-5-6)10(18)7-2-3-9(12(14,15)16)17-11(7)13/h2-5,10,18H,1H3. The van der Waals surface area contributed by atoms with Crippen LogP contribution in [0.15, 0.2) is 23.6 Å². The molecule has 2 heterocycles. The second-order valence-corrected chi connectivity index (χ2v) is 5.17. The van der Waals surface area contributed by atoms with Gasteiger partial charge in [0, 0.05) is 15.8 Å². The van der Waals surface area contributed by atoms with Crippen molar-refractivity contribution in [3.8, 4) is 5.75 Å². The molecule has 0 amide bonds. The van der Waals surface area contributed by atoms with E-state index in [1.165, 1.54) is 18.4 Å². The van der Waals surface area contributed by atoms with Crippen LogP contribution in [-0.2, 0) is 6.18 Å². The van der Waals surface area contributed by atoms with Gasteiger partial charge in [0.25, 0.3) is 0 Å². The van der Waals surface area contributed by atoms with Gasteiger partial charge in [-0.25, -0.2) is 4.98 Å². The fraction of sp³-hybridized carbons (Fsp3) is 0.250. The van der Waals surface area contributed by atoms with Gasteiger partial charge < -0.3 is 9.84 Å². The Hall–Kier alpha value is -1.31. The first-order valence-electron chi connectivity index (χ1n) is 5.37. The lowest BCUT2D eigenvalue weighted by molar-refractivity contribution is -0.141. The van der Waals surface area contributed by atoms with E-state index in [2.05, 4.69) is 4.98 Å². The molecule has 0 spiro atoms. The van der Waals surface area contributed by atoms with Gasteiger partial charge in [-0.05, 0) is 12.1 Å². The fourth-order valence-corrected chi connectivity index (χ4v) is 2.66. The van der Waals surface area contributed by atoms with E-state index >= 15 is 0 Å². The maximum absolute atomic E-state index is 12.5. The van der Waals surface area contributed by atoms with Gasteiger partial charge in [-0.15, -0.1) is 11.3 Å². The third kappa shape index (κ3) is 3.05. The van der Waals surface area contributed by atoms with Crippen LogP contribution in [0.25, 0.3) is 0 Å². The molecule has 2 aromatic heterocycles. The number of ether oxygens (including phenoxy) is 1. The zero-order valence-electron chi connectivity index (χ0n) is 10.1. The molecule has 0 saturated heterocycles. The molecule has 1 unspecified atom stereocenters. The van der Waals surface area contributed by atoms with E-state index in [0.29, 0.717) is 10.6 Å². The van der Waals surface area contributed by atoms with Gasteiger partial charge in [-0.3, -0.25) is 0 Å². The highest BCUT2D eigenvalue weighted by Crippen LogP contribution is 2.35. The minimum Gasteiger partial charge on any atom is -0.496 e. The minimum absolute atomic E-state index is 0.115. The van der Waals surface area contributed by atoms with Crippen molar-refractivity contribution in [1.82, 2.24) is 4.98 Å². The molecule has 0 radical (unpaired) electrons. The number of nitrogens with zero attached hydrogens (tertiary/aromatic N) is 1. The molecule has 0 aliphatic heterocycles. The fourth-order valence-electron chi connectivity index (χ4n) is 1.54. The van der Waals surface area contributed by atoms with Crippen LogP contribution in [0.3, 0.4) is 0 Å². The summed E-state index contributed by atoms with van der Waals surface area (Å²) in [7, 11) is 1.48. The third-order valence-corrected chi connectivity index (χ3v) is 3.83. The van der Waals surface area contributed by atoms with Gasteiger partial charge in [0.1, 0.15) is 22.7 Å². The number of thiophene rings is 1. The van der Waals surface area contributed by atoms with Crippen molar-refractivity contribution in [2.24, 2.45) is 0 Å². The molecular formula is C12H9ClF3NO2S. The molecule has 20 heavy (non-hydrogen) atoms. The number of aliphatic hydroxyl groups excluding tert-OH is 1. The number of hydrogen-bond donors (Lipinski definition) is 1. The summed E-state index contributed by atoms with van der Waals surface area (Å²) < 4.78 is 42.4. The van der Waals surface area contributed by atoms with E-state index < -0.39 is 18.0 Å². The quantitative estimate of drug-likeness (QED) is 0.871. The van der Waals surface area contributed by atoms with Gasteiger partial charge in [-0.1, -0.05) is 17.7 Å². The Morgan fingerprint density at radius 1 is 1.40 bits per heavy atom. The largest absolute Gasteiger partial charge is 0.496 e. The van der Waals surface area contributed by atoms with Crippen LogP contribution in [-0.4, -0.2) is 17.2 Å². The van der Waals surface area contributed by atoms with E-state index in [-0.39, 0.29) is 10.7 Å². The van der Waals surface area contributed by atoms with E-state index in [9.17, 15) is 18.3 Å². The number of halogens is 4. The van der Waals surface area contributed by atoms with E-state index in [1.807, 2.05) is 0 Å². The summed E-state index contributed by atoms with van der Waals surface area (Å²) in [5, 5.41) is 11.4. The van der Waals surface area contributed by atoms with Gasteiger partial charge >= 0.3 is 6.18 Å². The summed E-state index contributed by atoms with van der Waals surface area (Å²) in [4.78, 5) is 3.78. The van der Waals surface area contributed by atoms with Gasteiger partial charge in [0.15, 0.2) is 0 Å². The van der Waals surface area contributed by atoms with Crippen LogP contribution in [0.2, 0.25) is 5.15 Å². The molecule has 0 saturated carbocycles. The molecule has 2 rings (SSSR count). The Morgan fingerprint density at radius 2 is 2.10 bits per heavy atom. The van der Waals surface area contributed by atoms with Crippen molar-refractivity contribution in [3.05, 3.63) is 44.9 Å². The maximum atomic E-state index is 12.5. The van der Waals surface area contributed by atoms with Crippen molar-refractivity contribution >= 4 is 22.9 Å². The molecule has 0 aliphatic carbocycles. The average Bonchev–Trinajstić information content (AvgIpc) is 2.85. The third-order valence-electron chi connectivity index (χ3n) is 2.56. The first kappa shape index (κ1) is 15.1. The molecule has 108 valence electrons. The van der Waals surface area contributed by atoms with Crippen LogP contribution in [0.1, 0.15) is 22.2 Å². The van der Waals surface area contributed by atoms with Gasteiger partial charge in [0.2, 0.25) is 0 Å². The number of rotatable bonds is 3. The SMILES string of the molecule is COc1csc(C(O)c2ccc(C(F)(F)F)nc2Cl)c1. The lowest BCUT2D eigenvalue weighted by Gasteiger charge is -2.12. The molecule has 0 aliphatic rings. The predicted molar refractivity (Wildman–Crippen MR) is 69.2 cm³/mol. The Kier molecular flexibility index (Phi) is 4.22. The molecular weight excluding hydrogens is 315 g/mol. The molecule has 1 N–H and O–H groups in total. The summed E-state index contributed by atoms with van der Waals surface area (Å²) in [6.07, 6.45) is -5.72. The average molecular weight is 324 g/mol. The van der Waals surface area contributed by atoms with Gasteiger partial charge in [-0.2, -0.15) is 13.2 Å².